The number of nitrogens with one attached hydrogen (secondary N) is 2. The molecule has 0 atom stereocenters. The van der Waals surface area contributed by atoms with Crippen molar-refractivity contribution in [3.05, 3.63) is 81.6 Å². The zero-order valence-electron chi connectivity index (χ0n) is 15.9. The molecule has 2 aromatic carbocycles. The number of rotatable bonds is 7. The molecule has 0 aliphatic rings. The lowest BCUT2D eigenvalue weighted by molar-refractivity contribution is 0.264. The maximum atomic E-state index is 12.6. The molecule has 0 unspecified atom stereocenters. The zero-order chi connectivity index (χ0) is 19.9. The summed E-state index contributed by atoms with van der Waals surface area (Å²) < 4.78 is 0. The molecule has 0 fully saturated rings. The lowest BCUT2D eigenvalue weighted by Crippen LogP contribution is -2.40. The van der Waals surface area contributed by atoms with Crippen LogP contribution in [0.4, 0.5) is 0 Å². The Bertz CT molecular complexity index is 1000. The Morgan fingerprint density at radius 2 is 1.96 bits per heavy atom. The van der Waals surface area contributed by atoms with E-state index in [0.717, 1.165) is 22.0 Å². The van der Waals surface area contributed by atoms with Gasteiger partial charge in [0.05, 0.1) is 12.1 Å². The fourth-order valence-corrected chi connectivity index (χ4v) is 3.38. The number of benzene rings is 2. The zero-order valence-corrected chi connectivity index (χ0v) is 16.8. The highest BCUT2D eigenvalue weighted by molar-refractivity contribution is 7.80. The number of aliphatic hydroxyl groups excluding tert-OH is 1. The Labute approximate surface area is 170 Å². The van der Waals surface area contributed by atoms with E-state index in [4.69, 9.17) is 12.2 Å². The van der Waals surface area contributed by atoms with Crippen LogP contribution < -0.4 is 10.9 Å². The van der Waals surface area contributed by atoms with Crippen molar-refractivity contribution in [2.75, 3.05) is 13.2 Å². The molecule has 3 aromatic rings. The number of aromatic amines is 1. The number of fused-ring (bicyclic) bond motifs is 1. The molecule has 0 amide bonds. The number of thiocarbonyl (C=S) groups is 1. The minimum absolute atomic E-state index is 0.0745. The number of nitrogens with zero attached hydrogens (tertiary/aromatic N) is 1. The van der Waals surface area contributed by atoms with Gasteiger partial charge < -0.3 is 20.3 Å². The molecule has 146 valence electrons. The summed E-state index contributed by atoms with van der Waals surface area (Å²) in [6, 6.07) is 17.9. The smallest absolute Gasteiger partial charge is 0.253 e. The van der Waals surface area contributed by atoms with Crippen molar-refractivity contribution in [2.45, 2.75) is 26.4 Å². The number of pyridine rings is 1. The van der Waals surface area contributed by atoms with Crippen LogP contribution in [0.15, 0.2) is 59.4 Å². The van der Waals surface area contributed by atoms with Crippen LogP contribution in [0.3, 0.4) is 0 Å². The first kappa shape index (κ1) is 20.0. The molecule has 1 aromatic heterocycles. The molecule has 0 aliphatic carbocycles. The molecule has 0 bridgehead atoms. The van der Waals surface area contributed by atoms with Gasteiger partial charge in [-0.2, -0.15) is 0 Å². The van der Waals surface area contributed by atoms with Gasteiger partial charge in [0.15, 0.2) is 5.11 Å². The summed E-state index contributed by atoms with van der Waals surface area (Å²) in [5, 5.41) is 14.1. The SMILES string of the molecule is Cc1cccc2cc(CN(CCCO)C(=S)NCc3ccccc3)c(=O)[nH]c12. The Kier molecular flexibility index (Phi) is 6.79. The van der Waals surface area contributed by atoms with Crippen molar-refractivity contribution in [1.29, 1.82) is 0 Å². The molecule has 0 aliphatic heterocycles. The maximum absolute atomic E-state index is 12.6. The van der Waals surface area contributed by atoms with Crippen LogP contribution in [0.5, 0.6) is 0 Å². The highest BCUT2D eigenvalue weighted by Gasteiger charge is 2.13. The molecular formula is C22H25N3O2S. The Morgan fingerprint density at radius 3 is 2.71 bits per heavy atom. The molecule has 0 saturated heterocycles. The van der Waals surface area contributed by atoms with Gasteiger partial charge in [0, 0.05) is 25.3 Å². The third kappa shape index (κ3) is 4.97. The summed E-state index contributed by atoms with van der Waals surface area (Å²) in [5.41, 5.74) is 3.58. The molecule has 28 heavy (non-hydrogen) atoms. The van der Waals surface area contributed by atoms with E-state index in [0.29, 0.717) is 36.7 Å². The minimum atomic E-state index is -0.110. The first-order chi connectivity index (χ1) is 13.6. The van der Waals surface area contributed by atoms with Gasteiger partial charge in [-0.3, -0.25) is 4.79 Å². The normalized spacial score (nSPS) is 10.8. The predicted molar refractivity (Wildman–Crippen MR) is 117 cm³/mol. The van der Waals surface area contributed by atoms with Gasteiger partial charge in [0.2, 0.25) is 0 Å². The lowest BCUT2D eigenvalue weighted by Gasteiger charge is -2.25. The second kappa shape index (κ2) is 9.48. The minimum Gasteiger partial charge on any atom is -0.396 e. The third-order valence-corrected chi connectivity index (χ3v) is 5.09. The summed E-state index contributed by atoms with van der Waals surface area (Å²) in [5.74, 6) is 0. The topological polar surface area (TPSA) is 68.4 Å². The van der Waals surface area contributed by atoms with E-state index < -0.39 is 0 Å². The lowest BCUT2D eigenvalue weighted by atomic mass is 10.1. The number of H-pyrrole nitrogens is 1. The van der Waals surface area contributed by atoms with Crippen molar-refractivity contribution >= 4 is 28.2 Å². The van der Waals surface area contributed by atoms with Crippen LogP contribution in [0.2, 0.25) is 0 Å². The second-order valence-corrected chi connectivity index (χ2v) is 7.19. The molecule has 1 heterocycles. The van der Waals surface area contributed by atoms with Gasteiger partial charge in [-0.1, -0.05) is 48.5 Å². The predicted octanol–water partition coefficient (Wildman–Crippen LogP) is 3.10. The quantitative estimate of drug-likeness (QED) is 0.537. The summed E-state index contributed by atoms with van der Waals surface area (Å²) in [6.45, 7) is 3.63. The van der Waals surface area contributed by atoms with Crippen molar-refractivity contribution < 1.29 is 5.11 Å². The average Bonchev–Trinajstić information content (AvgIpc) is 2.71. The van der Waals surface area contributed by atoms with E-state index in [-0.39, 0.29) is 12.2 Å². The largest absolute Gasteiger partial charge is 0.396 e. The number of hydrogen-bond acceptors (Lipinski definition) is 3. The first-order valence-electron chi connectivity index (χ1n) is 9.37. The molecule has 6 heteroatoms. The van der Waals surface area contributed by atoms with E-state index in [1.165, 1.54) is 0 Å². The van der Waals surface area contributed by atoms with Crippen LogP contribution in [-0.4, -0.2) is 33.3 Å². The second-order valence-electron chi connectivity index (χ2n) is 6.81. The molecular weight excluding hydrogens is 370 g/mol. The standard InChI is InChI=1S/C22H25N3O2S/c1-16-7-5-10-18-13-19(21(27)24-20(16)18)15-25(11-6-12-26)22(28)23-14-17-8-3-2-4-9-17/h2-5,7-10,13,26H,6,11-12,14-15H2,1H3,(H,23,28)(H,24,27). The summed E-state index contributed by atoms with van der Waals surface area (Å²) in [7, 11) is 0. The van der Waals surface area contributed by atoms with Gasteiger partial charge in [-0.05, 0) is 48.1 Å². The van der Waals surface area contributed by atoms with Crippen molar-refractivity contribution in [3.63, 3.8) is 0 Å². The molecule has 3 rings (SSSR count). The van der Waals surface area contributed by atoms with Gasteiger partial charge in [0.25, 0.3) is 5.56 Å². The number of aliphatic hydroxyl groups is 1. The summed E-state index contributed by atoms with van der Waals surface area (Å²) in [6.07, 6.45) is 0.581. The fraction of sp³-hybridized carbons (Fsp3) is 0.273. The van der Waals surface area contributed by atoms with E-state index in [1.54, 1.807) is 0 Å². The van der Waals surface area contributed by atoms with E-state index in [2.05, 4.69) is 10.3 Å². The van der Waals surface area contributed by atoms with Gasteiger partial charge >= 0.3 is 0 Å². The molecule has 0 radical (unpaired) electrons. The summed E-state index contributed by atoms with van der Waals surface area (Å²) >= 11 is 5.57. The summed E-state index contributed by atoms with van der Waals surface area (Å²) in [4.78, 5) is 17.5. The number of hydrogen-bond donors (Lipinski definition) is 3. The molecule has 0 saturated carbocycles. The number of para-hydroxylation sites is 1. The number of aryl methyl sites for hydroxylation is 1. The van der Waals surface area contributed by atoms with Gasteiger partial charge in [0.1, 0.15) is 0 Å². The third-order valence-electron chi connectivity index (χ3n) is 4.69. The average molecular weight is 396 g/mol. The number of aromatic nitrogens is 1. The maximum Gasteiger partial charge on any atom is 0.253 e. The Hall–Kier alpha value is -2.70. The Balaban J connectivity index is 1.78. The van der Waals surface area contributed by atoms with Crippen molar-refractivity contribution in [2.24, 2.45) is 0 Å². The van der Waals surface area contributed by atoms with Crippen LogP contribution in [0.25, 0.3) is 10.9 Å². The van der Waals surface area contributed by atoms with Crippen LogP contribution in [0, 0.1) is 6.92 Å². The molecule has 5 nitrogen and oxygen atoms in total. The van der Waals surface area contributed by atoms with E-state index in [9.17, 15) is 9.90 Å². The van der Waals surface area contributed by atoms with Crippen molar-refractivity contribution in [3.8, 4) is 0 Å². The van der Waals surface area contributed by atoms with Gasteiger partial charge in [-0.25, -0.2) is 0 Å². The van der Waals surface area contributed by atoms with Crippen LogP contribution in [0.1, 0.15) is 23.1 Å². The van der Waals surface area contributed by atoms with E-state index >= 15 is 0 Å². The fourth-order valence-electron chi connectivity index (χ4n) is 3.15. The molecule has 0 spiro atoms. The van der Waals surface area contributed by atoms with E-state index in [1.807, 2.05) is 66.4 Å². The van der Waals surface area contributed by atoms with Crippen LogP contribution in [-0.2, 0) is 13.1 Å². The molecule has 3 N–H and O–H groups in total. The van der Waals surface area contributed by atoms with Crippen molar-refractivity contribution in [1.82, 2.24) is 15.2 Å². The Morgan fingerprint density at radius 1 is 1.18 bits per heavy atom. The monoisotopic (exact) mass is 395 g/mol. The highest BCUT2D eigenvalue weighted by Crippen LogP contribution is 2.16. The highest BCUT2D eigenvalue weighted by atomic mass is 32.1. The first-order valence-corrected chi connectivity index (χ1v) is 9.78. The van der Waals surface area contributed by atoms with Gasteiger partial charge in [-0.15, -0.1) is 0 Å². The van der Waals surface area contributed by atoms with Crippen LogP contribution >= 0.6 is 12.2 Å².